The highest BCUT2D eigenvalue weighted by Gasteiger charge is 2.19. The molecule has 110 valence electrons. The van der Waals surface area contributed by atoms with Gasteiger partial charge in [0.15, 0.2) is 0 Å². The molecule has 0 radical (unpaired) electrons. The third-order valence-corrected chi connectivity index (χ3v) is 3.06. The van der Waals surface area contributed by atoms with E-state index in [9.17, 15) is 19.5 Å². The van der Waals surface area contributed by atoms with Crippen LogP contribution in [0.1, 0.15) is 16.7 Å². The van der Waals surface area contributed by atoms with E-state index in [2.05, 4.69) is 0 Å². The number of hydrogen-bond donors (Lipinski definition) is 3. The number of fused-ring (bicyclic) bond motifs is 1. The lowest BCUT2D eigenvalue weighted by Gasteiger charge is -2.11. The third-order valence-electron chi connectivity index (χ3n) is 3.06. The molecule has 0 saturated carbocycles. The Morgan fingerprint density at radius 3 is 2.29 bits per heavy atom. The molecule has 0 atom stereocenters. The van der Waals surface area contributed by atoms with E-state index in [0.717, 1.165) is 0 Å². The number of aliphatic hydroxyl groups is 1. The molecule has 21 heavy (non-hydrogen) atoms. The lowest BCUT2D eigenvalue weighted by molar-refractivity contribution is -0.137. The van der Waals surface area contributed by atoms with Gasteiger partial charge in [0.2, 0.25) is 0 Å². The summed E-state index contributed by atoms with van der Waals surface area (Å²) in [5.41, 5.74) is -0.450. The average Bonchev–Trinajstić information content (AvgIpc) is 2.39. The topological polar surface area (TPSA) is 125 Å². The molecule has 0 aliphatic rings. The highest BCUT2D eigenvalue weighted by molar-refractivity contribution is 5.89. The molecule has 0 bridgehead atoms. The minimum Gasteiger partial charge on any atom is -0.481 e. The lowest BCUT2D eigenvalue weighted by Crippen LogP contribution is -2.17. The van der Waals surface area contributed by atoms with Crippen molar-refractivity contribution in [1.82, 2.24) is 0 Å². The maximum absolute atomic E-state index is 11.8. The summed E-state index contributed by atoms with van der Waals surface area (Å²) in [5, 5.41) is 27.5. The van der Waals surface area contributed by atoms with E-state index in [4.69, 9.17) is 14.6 Å². The number of aliphatic carboxylic acids is 2. The predicted octanol–water partition coefficient (Wildman–Crippen LogP) is 0.539. The van der Waals surface area contributed by atoms with Gasteiger partial charge in [-0.05, 0) is 17.2 Å². The Morgan fingerprint density at radius 2 is 1.71 bits per heavy atom. The van der Waals surface area contributed by atoms with Crippen molar-refractivity contribution in [3.8, 4) is 0 Å². The van der Waals surface area contributed by atoms with E-state index in [1.807, 2.05) is 0 Å². The van der Waals surface area contributed by atoms with Crippen LogP contribution in [0.25, 0.3) is 11.0 Å². The van der Waals surface area contributed by atoms with E-state index < -0.39 is 30.6 Å². The summed E-state index contributed by atoms with van der Waals surface area (Å²) in [6.45, 7) is -0.582. The zero-order valence-corrected chi connectivity index (χ0v) is 10.8. The summed E-state index contributed by atoms with van der Waals surface area (Å²) in [6, 6.07) is 4.52. The molecule has 0 amide bonds. The first-order valence-corrected chi connectivity index (χ1v) is 6.05. The minimum absolute atomic E-state index is 0.0977. The molecule has 0 fully saturated rings. The van der Waals surface area contributed by atoms with Crippen molar-refractivity contribution in [2.75, 3.05) is 0 Å². The highest BCUT2D eigenvalue weighted by Crippen LogP contribution is 2.25. The quantitative estimate of drug-likeness (QED) is 0.687. The van der Waals surface area contributed by atoms with Crippen LogP contribution in [0, 0.1) is 0 Å². The summed E-state index contributed by atoms with van der Waals surface area (Å²) < 4.78 is 5.04. The van der Waals surface area contributed by atoms with Crippen LogP contribution in [-0.2, 0) is 29.0 Å². The highest BCUT2D eigenvalue weighted by atomic mass is 16.4. The Labute approximate surface area is 118 Å². The Kier molecular flexibility index (Phi) is 4.04. The molecule has 0 unspecified atom stereocenters. The van der Waals surface area contributed by atoms with Gasteiger partial charge in [0, 0.05) is 5.39 Å². The van der Waals surface area contributed by atoms with Gasteiger partial charge in [0.1, 0.15) is 5.58 Å². The van der Waals surface area contributed by atoms with Crippen LogP contribution in [0.4, 0.5) is 0 Å². The fraction of sp³-hybridized carbons (Fsp3) is 0.214. The van der Waals surface area contributed by atoms with Crippen molar-refractivity contribution in [3.63, 3.8) is 0 Å². The number of carboxylic acids is 2. The first kappa shape index (κ1) is 14.7. The average molecular weight is 292 g/mol. The second-order valence-corrected chi connectivity index (χ2v) is 4.44. The van der Waals surface area contributed by atoms with Crippen molar-refractivity contribution in [1.29, 1.82) is 0 Å². The van der Waals surface area contributed by atoms with Crippen LogP contribution in [-0.4, -0.2) is 27.3 Å². The fourth-order valence-corrected chi connectivity index (χ4v) is 2.25. The second kappa shape index (κ2) is 5.76. The van der Waals surface area contributed by atoms with Gasteiger partial charge in [0.05, 0.1) is 25.0 Å². The normalized spacial score (nSPS) is 10.7. The van der Waals surface area contributed by atoms with Gasteiger partial charge in [-0.2, -0.15) is 0 Å². The van der Waals surface area contributed by atoms with E-state index in [-0.39, 0.29) is 28.5 Å². The van der Waals surface area contributed by atoms with Crippen molar-refractivity contribution in [2.24, 2.45) is 0 Å². The third kappa shape index (κ3) is 2.92. The smallest absolute Gasteiger partial charge is 0.340 e. The molecule has 0 saturated heterocycles. The van der Waals surface area contributed by atoms with Crippen molar-refractivity contribution < 1.29 is 29.3 Å². The van der Waals surface area contributed by atoms with E-state index in [1.165, 1.54) is 18.2 Å². The summed E-state index contributed by atoms with van der Waals surface area (Å²) in [7, 11) is 0. The molecule has 1 aromatic carbocycles. The van der Waals surface area contributed by atoms with E-state index in [0.29, 0.717) is 5.56 Å². The van der Waals surface area contributed by atoms with Crippen LogP contribution in [0.5, 0.6) is 0 Å². The SMILES string of the molecule is O=C(O)Cc1c(CO)c2c(CC(=O)O)cccc2oc1=O. The minimum atomic E-state index is -1.24. The summed E-state index contributed by atoms with van der Waals surface area (Å²) in [4.78, 5) is 33.5. The Hall–Kier alpha value is -2.67. The number of rotatable bonds is 5. The maximum Gasteiger partial charge on any atom is 0.340 e. The molecule has 1 aromatic heterocycles. The van der Waals surface area contributed by atoms with Gasteiger partial charge >= 0.3 is 17.6 Å². The molecular formula is C14H12O7. The molecule has 7 heteroatoms. The largest absolute Gasteiger partial charge is 0.481 e. The molecule has 1 heterocycles. The zero-order valence-electron chi connectivity index (χ0n) is 10.8. The molecule has 0 spiro atoms. The number of carboxylic acid groups (broad SMARTS) is 2. The Balaban J connectivity index is 2.82. The summed E-state index contributed by atoms with van der Waals surface area (Å²) in [6.07, 6.45) is -0.930. The molecule has 0 aliphatic heterocycles. The molecule has 2 aromatic rings. The van der Waals surface area contributed by atoms with Crippen LogP contribution in [0.15, 0.2) is 27.4 Å². The van der Waals surface area contributed by atoms with Crippen molar-refractivity contribution in [2.45, 2.75) is 19.4 Å². The number of benzene rings is 1. The number of aliphatic hydroxyl groups excluding tert-OH is 1. The number of carbonyl (C=O) groups is 2. The number of hydrogen-bond acceptors (Lipinski definition) is 5. The van der Waals surface area contributed by atoms with Gasteiger partial charge < -0.3 is 19.7 Å². The van der Waals surface area contributed by atoms with Gasteiger partial charge in [-0.3, -0.25) is 9.59 Å². The standard InChI is InChI=1S/C14H12O7/c15-6-9-8(5-12(18)19)14(20)21-10-3-1-2-7(13(9)10)4-11(16)17/h1-3,15H,4-6H2,(H,16,17)(H,18,19). The van der Waals surface area contributed by atoms with Gasteiger partial charge in [-0.15, -0.1) is 0 Å². The molecule has 3 N–H and O–H groups in total. The Morgan fingerprint density at radius 1 is 1.05 bits per heavy atom. The summed E-state index contributed by atoms with van der Waals surface area (Å²) >= 11 is 0. The second-order valence-electron chi connectivity index (χ2n) is 4.44. The van der Waals surface area contributed by atoms with Crippen LogP contribution in [0.3, 0.4) is 0 Å². The monoisotopic (exact) mass is 292 g/mol. The molecule has 7 nitrogen and oxygen atoms in total. The van der Waals surface area contributed by atoms with E-state index >= 15 is 0 Å². The van der Waals surface area contributed by atoms with E-state index in [1.54, 1.807) is 0 Å². The van der Waals surface area contributed by atoms with Crippen molar-refractivity contribution in [3.05, 3.63) is 45.3 Å². The molecular weight excluding hydrogens is 280 g/mol. The van der Waals surface area contributed by atoms with Crippen LogP contribution in [0.2, 0.25) is 0 Å². The van der Waals surface area contributed by atoms with Crippen LogP contribution < -0.4 is 5.63 Å². The van der Waals surface area contributed by atoms with Crippen LogP contribution >= 0.6 is 0 Å². The van der Waals surface area contributed by atoms with Gasteiger partial charge in [0.25, 0.3) is 0 Å². The first-order chi connectivity index (χ1) is 9.93. The predicted molar refractivity (Wildman–Crippen MR) is 71.1 cm³/mol. The molecule has 0 aliphatic carbocycles. The summed E-state index contributed by atoms with van der Waals surface area (Å²) in [5.74, 6) is -2.33. The zero-order chi connectivity index (χ0) is 15.6. The Bertz CT molecular complexity index is 773. The lowest BCUT2D eigenvalue weighted by atomic mass is 9.97. The van der Waals surface area contributed by atoms with Gasteiger partial charge in [-0.25, -0.2) is 4.79 Å². The maximum atomic E-state index is 11.8. The fourth-order valence-electron chi connectivity index (χ4n) is 2.25. The first-order valence-electron chi connectivity index (χ1n) is 6.05. The van der Waals surface area contributed by atoms with Gasteiger partial charge in [-0.1, -0.05) is 12.1 Å². The van der Waals surface area contributed by atoms with Crippen molar-refractivity contribution >= 4 is 22.9 Å². The molecule has 2 rings (SSSR count).